The van der Waals surface area contributed by atoms with Crippen molar-refractivity contribution in [3.8, 4) is 0 Å². The smallest absolute Gasteiger partial charge is 0.289 e. The summed E-state index contributed by atoms with van der Waals surface area (Å²) in [5.74, 6) is 0. The predicted molar refractivity (Wildman–Crippen MR) is 100 cm³/mol. The SMILES string of the molecule is O=[N+]([O-])c1ccccc1S(=O)(=O)NCCOCCO[C@H]1CCCC[C@@H]1Br. The number of nitrogens with zero attached hydrogens (tertiary/aromatic N) is 1. The molecule has 0 heterocycles. The molecule has 0 spiro atoms. The minimum Gasteiger partial charge on any atom is -0.378 e. The van der Waals surface area contributed by atoms with E-state index < -0.39 is 20.6 Å². The van der Waals surface area contributed by atoms with Gasteiger partial charge in [0.25, 0.3) is 5.69 Å². The van der Waals surface area contributed by atoms with E-state index in [4.69, 9.17) is 9.47 Å². The number of ether oxygens (including phenoxy) is 2. The average Bonchev–Trinajstić information content (AvgIpc) is 2.62. The summed E-state index contributed by atoms with van der Waals surface area (Å²) in [4.78, 5) is 10.3. The molecule has 2 atom stereocenters. The van der Waals surface area contributed by atoms with Gasteiger partial charge >= 0.3 is 0 Å². The molecular formula is C16H23BrN2O6S. The zero-order valence-electron chi connectivity index (χ0n) is 14.3. The molecule has 0 bridgehead atoms. The summed E-state index contributed by atoms with van der Waals surface area (Å²) in [7, 11) is -3.96. The van der Waals surface area contributed by atoms with Crippen molar-refractivity contribution in [1.82, 2.24) is 4.72 Å². The topological polar surface area (TPSA) is 108 Å². The van der Waals surface area contributed by atoms with Gasteiger partial charge in [0.15, 0.2) is 4.90 Å². The third kappa shape index (κ3) is 6.27. The molecule has 1 N–H and O–H groups in total. The van der Waals surface area contributed by atoms with Crippen LogP contribution in [-0.2, 0) is 19.5 Å². The second-order valence-electron chi connectivity index (χ2n) is 5.94. The van der Waals surface area contributed by atoms with Crippen molar-refractivity contribution in [3.05, 3.63) is 34.4 Å². The molecule has 0 radical (unpaired) electrons. The van der Waals surface area contributed by atoms with Crippen LogP contribution in [0.5, 0.6) is 0 Å². The number of rotatable bonds is 10. The Bertz CT molecular complexity index is 700. The van der Waals surface area contributed by atoms with Gasteiger partial charge in [-0.25, -0.2) is 13.1 Å². The summed E-state index contributed by atoms with van der Waals surface area (Å²) in [5, 5.41) is 10.9. The first-order valence-corrected chi connectivity index (χ1v) is 10.9. The fourth-order valence-corrected chi connectivity index (χ4v) is 4.68. The minimum atomic E-state index is -3.96. The van der Waals surface area contributed by atoms with Crippen molar-refractivity contribution in [2.75, 3.05) is 26.4 Å². The molecule has 1 fully saturated rings. The number of halogens is 1. The van der Waals surface area contributed by atoms with Gasteiger partial charge in [0.05, 0.1) is 30.8 Å². The highest BCUT2D eigenvalue weighted by Crippen LogP contribution is 2.26. The molecule has 2 rings (SSSR count). The summed E-state index contributed by atoms with van der Waals surface area (Å²) in [5.41, 5.74) is -0.453. The fourth-order valence-electron chi connectivity index (χ4n) is 2.76. The Balaban J connectivity index is 1.68. The molecule has 26 heavy (non-hydrogen) atoms. The number of para-hydroxylation sites is 1. The average molecular weight is 451 g/mol. The summed E-state index contributed by atoms with van der Waals surface area (Å²) in [6.45, 7) is 0.998. The largest absolute Gasteiger partial charge is 0.378 e. The third-order valence-electron chi connectivity index (χ3n) is 4.07. The number of sulfonamides is 1. The van der Waals surface area contributed by atoms with Crippen LogP contribution in [-0.4, -0.2) is 50.6 Å². The van der Waals surface area contributed by atoms with Crippen molar-refractivity contribution in [2.45, 2.75) is 41.5 Å². The van der Waals surface area contributed by atoms with Crippen LogP contribution in [0.4, 0.5) is 5.69 Å². The van der Waals surface area contributed by atoms with Crippen LogP contribution in [0.1, 0.15) is 25.7 Å². The molecule has 0 aliphatic heterocycles. The highest BCUT2D eigenvalue weighted by atomic mass is 79.9. The molecular weight excluding hydrogens is 428 g/mol. The Labute approximate surface area is 161 Å². The predicted octanol–water partition coefficient (Wildman–Crippen LogP) is 2.61. The van der Waals surface area contributed by atoms with E-state index in [1.54, 1.807) is 0 Å². The first kappa shape index (κ1) is 21.2. The molecule has 1 saturated carbocycles. The van der Waals surface area contributed by atoms with Gasteiger partial charge in [-0.05, 0) is 18.9 Å². The monoisotopic (exact) mass is 450 g/mol. The number of hydrogen-bond donors (Lipinski definition) is 1. The molecule has 1 aromatic rings. The maximum atomic E-state index is 12.2. The van der Waals surface area contributed by atoms with Gasteiger partial charge in [0.1, 0.15) is 0 Å². The van der Waals surface area contributed by atoms with Crippen molar-refractivity contribution in [2.24, 2.45) is 0 Å². The van der Waals surface area contributed by atoms with E-state index in [-0.39, 0.29) is 24.2 Å². The van der Waals surface area contributed by atoms with Crippen LogP contribution in [0.25, 0.3) is 0 Å². The number of hydrogen-bond acceptors (Lipinski definition) is 6. The Morgan fingerprint density at radius 3 is 2.65 bits per heavy atom. The summed E-state index contributed by atoms with van der Waals surface area (Å²) >= 11 is 3.62. The standard InChI is InChI=1S/C16H23BrN2O6S/c17-13-5-1-3-7-15(13)25-12-11-24-10-9-18-26(22,23)16-8-4-2-6-14(16)19(20)21/h2,4,6,8,13,15,18H,1,3,5,7,9-12H2/t13-,15-/m0/s1. The molecule has 1 aromatic carbocycles. The van der Waals surface area contributed by atoms with E-state index in [1.807, 2.05) is 0 Å². The highest BCUT2D eigenvalue weighted by molar-refractivity contribution is 9.09. The molecule has 0 aromatic heterocycles. The lowest BCUT2D eigenvalue weighted by molar-refractivity contribution is -0.387. The van der Waals surface area contributed by atoms with Gasteiger partial charge in [-0.1, -0.05) is 40.9 Å². The number of alkyl halides is 1. The number of nitro benzene ring substituents is 1. The Hall–Kier alpha value is -1.07. The molecule has 146 valence electrons. The number of nitrogens with one attached hydrogen (secondary N) is 1. The van der Waals surface area contributed by atoms with Crippen LogP contribution in [0, 0.1) is 10.1 Å². The zero-order valence-corrected chi connectivity index (χ0v) is 16.7. The number of benzene rings is 1. The van der Waals surface area contributed by atoms with E-state index >= 15 is 0 Å². The maximum absolute atomic E-state index is 12.2. The molecule has 0 amide bonds. The van der Waals surface area contributed by atoms with Crippen LogP contribution >= 0.6 is 15.9 Å². The van der Waals surface area contributed by atoms with Crippen LogP contribution in [0.3, 0.4) is 0 Å². The fraction of sp³-hybridized carbons (Fsp3) is 0.625. The van der Waals surface area contributed by atoms with E-state index in [1.165, 1.54) is 31.0 Å². The Morgan fingerprint density at radius 2 is 1.92 bits per heavy atom. The molecule has 0 unspecified atom stereocenters. The van der Waals surface area contributed by atoms with Crippen molar-refractivity contribution in [3.63, 3.8) is 0 Å². The summed E-state index contributed by atoms with van der Waals surface area (Å²) < 4.78 is 37.8. The first-order valence-electron chi connectivity index (χ1n) is 8.48. The van der Waals surface area contributed by atoms with Gasteiger partial charge in [-0.3, -0.25) is 10.1 Å². The van der Waals surface area contributed by atoms with Crippen molar-refractivity contribution >= 4 is 31.6 Å². The van der Waals surface area contributed by atoms with E-state index in [2.05, 4.69) is 20.7 Å². The van der Waals surface area contributed by atoms with Gasteiger partial charge in [-0.15, -0.1) is 0 Å². The second kappa shape index (κ2) is 10.3. The Morgan fingerprint density at radius 1 is 1.19 bits per heavy atom. The summed E-state index contributed by atoms with van der Waals surface area (Å²) in [6.07, 6.45) is 4.72. The van der Waals surface area contributed by atoms with Crippen LogP contribution in [0.2, 0.25) is 0 Å². The molecule has 0 saturated heterocycles. The maximum Gasteiger partial charge on any atom is 0.289 e. The molecule has 1 aliphatic carbocycles. The number of nitro groups is 1. The second-order valence-corrected chi connectivity index (χ2v) is 8.86. The normalized spacial score (nSPS) is 20.8. The molecule has 8 nitrogen and oxygen atoms in total. The van der Waals surface area contributed by atoms with Crippen LogP contribution < -0.4 is 4.72 Å². The summed E-state index contributed by atoms with van der Waals surface area (Å²) in [6, 6.07) is 5.22. The van der Waals surface area contributed by atoms with Crippen molar-refractivity contribution < 1.29 is 22.8 Å². The van der Waals surface area contributed by atoms with Crippen LogP contribution in [0.15, 0.2) is 29.2 Å². The third-order valence-corrected chi connectivity index (χ3v) is 6.63. The Kier molecular flexibility index (Phi) is 8.42. The lowest BCUT2D eigenvalue weighted by Gasteiger charge is -2.27. The quantitative estimate of drug-likeness (QED) is 0.254. The van der Waals surface area contributed by atoms with Gasteiger partial charge < -0.3 is 9.47 Å². The van der Waals surface area contributed by atoms with E-state index in [0.29, 0.717) is 18.0 Å². The highest BCUT2D eigenvalue weighted by Gasteiger charge is 2.25. The van der Waals surface area contributed by atoms with E-state index in [9.17, 15) is 18.5 Å². The van der Waals surface area contributed by atoms with Gasteiger partial charge in [0.2, 0.25) is 10.0 Å². The lowest BCUT2D eigenvalue weighted by atomic mass is 9.98. The molecule has 1 aliphatic rings. The van der Waals surface area contributed by atoms with E-state index in [0.717, 1.165) is 18.9 Å². The lowest BCUT2D eigenvalue weighted by Crippen LogP contribution is -2.30. The first-order chi connectivity index (χ1) is 12.4. The van der Waals surface area contributed by atoms with Gasteiger partial charge in [-0.2, -0.15) is 0 Å². The molecule has 10 heteroatoms. The van der Waals surface area contributed by atoms with Gasteiger partial charge in [0, 0.05) is 17.4 Å². The zero-order chi connectivity index (χ0) is 19.0. The minimum absolute atomic E-state index is 0.0267. The van der Waals surface area contributed by atoms with Crippen molar-refractivity contribution in [1.29, 1.82) is 0 Å².